The Kier molecular flexibility index (Phi) is 5.36. The summed E-state index contributed by atoms with van der Waals surface area (Å²) in [7, 11) is 1.42. The van der Waals surface area contributed by atoms with Gasteiger partial charge in [-0.2, -0.15) is 0 Å². The van der Waals surface area contributed by atoms with E-state index in [-0.39, 0.29) is 12.1 Å². The molecule has 0 N–H and O–H groups in total. The second-order valence-corrected chi connectivity index (χ2v) is 4.81. The summed E-state index contributed by atoms with van der Waals surface area (Å²) in [4.78, 5) is 13.6. The van der Waals surface area contributed by atoms with Gasteiger partial charge in [0.25, 0.3) is 0 Å². The summed E-state index contributed by atoms with van der Waals surface area (Å²) < 4.78 is 10.3. The largest absolute Gasteiger partial charge is 0.469 e. The number of methoxy groups -OCH3 is 1. The zero-order valence-electron chi connectivity index (χ0n) is 11.4. The maximum Gasteiger partial charge on any atom is 0.308 e. The summed E-state index contributed by atoms with van der Waals surface area (Å²) in [5.74, 6) is -0.199. The van der Waals surface area contributed by atoms with Crippen LogP contribution in [0.2, 0.25) is 0 Å². The van der Waals surface area contributed by atoms with Crippen LogP contribution < -0.4 is 0 Å². The van der Waals surface area contributed by atoms with Crippen molar-refractivity contribution in [2.75, 3.05) is 33.4 Å². The number of rotatable bonds is 5. The average Bonchev–Trinajstić information content (AvgIpc) is 2.46. The van der Waals surface area contributed by atoms with Gasteiger partial charge in [-0.3, -0.25) is 9.69 Å². The minimum atomic E-state index is -0.199. The van der Waals surface area contributed by atoms with E-state index < -0.39 is 0 Å². The summed E-state index contributed by atoms with van der Waals surface area (Å²) in [6.45, 7) is 3.44. The molecule has 1 fully saturated rings. The van der Waals surface area contributed by atoms with Crippen LogP contribution in [0.5, 0.6) is 0 Å². The highest BCUT2D eigenvalue weighted by Gasteiger charge is 2.22. The fourth-order valence-corrected chi connectivity index (χ4v) is 2.31. The van der Waals surface area contributed by atoms with Gasteiger partial charge in [-0.05, 0) is 12.0 Å². The van der Waals surface area contributed by atoms with Gasteiger partial charge in [0.1, 0.15) is 0 Å². The number of hydrogen-bond acceptors (Lipinski definition) is 4. The van der Waals surface area contributed by atoms with E-state index in [1.54, 1.807) is 0 Å². The van der Waals surface area contributed by atoms with E-state index in [9.17, 15) is 4.79 Å². The van der Waals surface area contributed by atoms with Crippen LogP contribution in [0.3, 0.4) is 0 Å². The van der Waals surface area contributed by atoms with Crippen molar-refractivity contribution in [2.24, 2.45) is 0 Å². The Labute approximate surface area is 114 Å². The van der Waals surface area contributed by atoms with Crippen molar-refractivity contribution in [3.63, 3.8) is 0 Å². The van der Waals surface area contributed by atoms with Crippen molar-refractivity contribution >= 4 is 5.97 Å². The Morgan fingerprint density at radius 1 is 1.42 bits per heavy atom. The van der Waals surface area contributed by atoms with E-state index >= 15 is 0 Å². The molecule has 0 unspecified atom stereocenters. The van der Waals surface area contributed by atoms with E-state index in [1.165, 1.54) is 12.7 Å². The molecule has 4 nitrogen and oxygen atoms in total. The third kappa shape index (κ3) is 4.65. The fourth-order valence-electron chi connectivity index (χ4n) is 2.31. The highest BCUT2D eigenvalue weighted by atomic mass is 16.5. The van der Waals surface area contributed by atoms with Crippen molar-refractivity contribution in [2.45, 2.75) is 18.9 Å². The number of morpholine rings is 1. The first-order valence-corrected chi connectivity index (χ1v) is 6.72. The lowest BCUT2D eigenvalue weighted by molar-refractivity contribution is -0.145. The molecule has 0 radical (unpaired) electrons. The third-order valence-corrected chi connectivity index (χ3v) is 3.40. The molecular weight excluding hydrogens is 242 g/mol. The van der Waals surface area contributed by atoms with Crippen molar-refractivity contribution < 1.29 is 14.3 Å². The second kappa shape index (κ2) is 7.26. The van der Waals surface area contributed by atoms with Crippen LogP contribution in [0.15, 0.2) is 30.3 Å². The lowest BCUT2D eigenvalue weighted by Gasteiger charge is -2.32. The molecular formula is C15H21NO3. The van der Waals surface area contributed by atoms with Gasteiger partial charge in [0.05, 0.1) is 26.2 Å². The molecule has 4 heteroatoms. The maximum absolute atomic E-state index is 11.2. The molecule has 1 aromatic carbocycles. The van der Waals surface area contributed by atoms with Crippen LogP contribution in [0.1, 0.15) is 12.0 Å². The van der Waals surface area contributed by atoms with Gasteiger partial charge in [-0.15, -0.1) is 0 Å². The molecule has 1 saturated heterocycles. The fraction of sp³-hybridized carbons (Fsp3) is 0.533. The number of nitrogens with zero attached hydrogens (tertiary/aromatic N) is 1. The second-order valence-electron chi connectivity index (χ2n) is 4.81. The number of ether oxygens (including phenoxy) is 2. The third-order valence-electron chi connectivity index (χ3n) is 3.40. The molecule has 19 heavy (non-hydrogen) atoms. The van der Waals surface area contributed by atoms with Gasteiger partial charge in [0, 0.05) is 19.6 Å². The van der Waals surface area contributed by atoms with Crippen LogP contribution in [-0.4, -0.2) is 50.3 Å². The lowest BCUT2D eigenvalue weighted by atomic mass is 10.1. The smallest absolute Gasteiger partial charge is 0.308 e. The zero-order valence-corrected chi connectivity index (χ0v) is 11.4. The highest BCUT2D eigenvalue weighted by molar-refractivity contribution is 5.69. The minimum Gasteiger partial charge on any atom is -0.469 e. The van der Waals surface area contributed by atoms with Crippen LogP contribution in [-0.2, 0) is 20.7 Å². The molecule has 0 aliphatic carbocycles. The molecule has 1 atom stereocenters. The first-order valence-electron chi connectivity index (χ1n) is 6.72. The Morgan fingerprint density at radius 2 is 2.21 bits per heavy atom. The van der Waals surface area contributed by atoms with Gasteiger partial charge in [0.15, 0.2) is 0 Å². The summed E-state index contributed by atoms with van der Waals surface area (Å²) in [5, 5.41) is 0. The number of carbonyl (C=O) groups is 1. The van der Waals surface area contributed by atoms with E-state index in [2.05, 4.69) is 33.9 Å². The molecule has 104 valence electrons. The summed E-state index contributed by atoms with van der Waals surface area (Å²) in [5.41, 5.74) is 1.35. The van der Waals surface area contributed by atoms with Crippen molar-refractivity contribution in [1.29, 1.82) is 0 Å². The molecule has 0 spiro atoms. The zero-order chi connectivity index (χ0) is 13.5. The predicted molar refractivity (Wildman–Crippen MR) is 73.0 cm³/mol. The van der Waals surface area contributed by atoms with E-state index in [1.807, 2.05) is 6.07 Å². The van der Waals surface area contributed by atoms with Gasteiger partial charge in [0.2, 0.25) is 0 Å². The molecule has 0 amide bonds. The van der Waals surface area contributed by atoms with Crippen molar-refractivity contribution in [3.05, 3.63) is 35.9 Å². The summed E-state index contributed by atoms with van der Waals surface area (Å²) in [6.07, 6.45) is 1.35. The van der Waals surface area contributed by atoms with E-state index in [4.69, 9.17) is 4.74 Å². The Morgan fingerprint density at radius 3 is 2.95 bits per heavy atom. The Hall–Kier alpha value is -1.39. The van der Waals surface area contributed by atoms with E-state index in [0.29, 0.717) is 13.0 Å². The predicted octanol–water partition coefficient (Wildman–Crippen LogP) is 1.49. The van der Waals surface area contributed by atoms with Crippen LogP contribution >= 0.6 is 0 Å². The maximum atomic E-state index is 11.2. The van der Waals surface area contributed by atoms with Crippen LogP contribution in [0, 0.1) is 0 Å². The Balaban J connectivity index is 1.76. The van der Waals surface area contributed by atoms with Gasteiger partial charge >= 0.3 is 5.97 Å². The lowest BCUT2D eigenvalue weighted by Crippen LogP contribution is -2.44. The average molecular weight is 263 g/mol. The van der Waals surface area contributed by atoms with Gasteiger partial charge in [-0.25, -0.2) is 0 Å². The highest BCUT2D eigenvalue weighted by Crippen LogP contribution is 2.10. The molecule has 0 aromatic heterocycles. The van der Waals surface area contributed by atoms with Crippen LogP contribution in [0.25, 0.3) is 0 Å². The number of hydrogen-bond donors (Lipinski definition) is 0. The number of benzene rings is 1. The normalized spacial score (nSPS) is 20.2. The standard InChI is InChI=1S/C15H21NO3/c1-18-15(17)11-14-12-16(9-10-19-14)8-7-13-5-3-2-4-6-13/h2-6,14H,7-12H2,1H3/t14-/m1/s1. The van der Waals surface area contributed by atoms with Gasteiger partial charge < -0.3 is 9.47 Å². The number of carbonyl (C=O) groups excluding carboxylic acids is 1. The molecule has 0 saturated carbocycles. The molecule has 1 aliphatic heterocycles. The molecule has 1 aliphatic rings. The number of esters is 1. The SMILES string of the molecule is COC(=O)C[C@@H]1CN(CCc2ccccc2)CCO1. The quantitative estimate of drug-likeness (QED) is 0.755. The Bertz CT molecular complexity index is 394. The topological polar surface area (TPSA) is 38.8 Å². The van der Waals surface area contributed by atoms with Gasteiger partial charge in [-0.1, -0.05) is 30.3 Å². The monoisotopic (exact) mass is 263 g/mol. The minimum absolute atomic E-state index is 0.0306. The summed E-state index contributed by atoms with van der Waals surface area (Å²) >= 11 is 0. The van der Waals surface area contributed by atoms with Crippen LogP contribution in [0.4, 0.5) is 0 Å². The first-order chi connectivity index (χ1) is 9.28. The van der Waals surface area contributed by atoms with Crippen molar-refractivity contribution in [3.8, 4) is 0 Å². The summed E-state index contributed by atoms with van der Waals surface area (Å²) in [6, 6.07) is 10.5. The van der Waals surface area contributed by atoms with E-state index in [0.717, 1.165) is 26.1 Å². The molecule has 0 bridgehead atoms. The van der Waals surface area contributed by atoms with Crippen molar-refractivity contribution in [1.82, 2.24) is 4.90 Å². The molecule has 1 aromatic rings. The molecule has 2 rings (SSSR count). The molecule has 1 heterocycles. The first kappa shape index (κ1) is 14.0.